The zero-order valence-corrected chi connectivity index (χ0v) is 7.71. The first-order chi connectivity index (χ1) is 5.68. The van der Waals surface area contributed by atoms with Gasteiger partial charge in [-0.15, -0.1) is 0 Å². The third-order valence-electron chi connectivity index (χ3n) is 1.92. The van der Waals surface area contributed by atoms with Gasteiger partial charge < -0.3 is 9.47 Å². The molecule has 3 heteroatoms. The second-order valence-electron chi connectivity index (χ2n) is 3.47. The van der Waals surface area contributed by atoms with Crippen LogP contribution in [0.15, 0.2) is 0 Å². The van der Waals surface area contributed by atoms with Crippen molar-refractivity contribution in [3.05, 3.63) is 0 Å². The van der Waals surface area contributed by atoms with Crippen molar-refractivity contribution in [3.8, 4) is 0 Å². The van der Waals surface area contributed by atoms with E-state index in [4.69, 9.17) is 9.47 Å². The van der Waals surface area contributed by atoms with Gasteiger partial charge in [0.25, 0.3) is 0 Å². The second-order valence-corrected chi connectivity index (χ2v) is 3.47. The fraction of sp³-hybridized carbons (Fsp3) is 0.889. The zero-order chi connectivity index (χ0) is 8.97. The van der Waals surface area contributed by atoms with Crippen molar-refractivity contribution >= 4 is 5.97 Å². The average molecular weight is 172 g/mol. The lowest BCUT2D eigenvalue weighted by molar-refractivity contribution is -0.148. The molecule has 0 bridgehead atoms. The molecule has 0 amide bonds. The highest BCUT2D eigenvalue weighted by Crippen LogP contribution is 2.12. The van der Waals surface area contributed by atoms with Crippen molar-refractivity contribution in [2.75, 3.05) is 13.2 Å². The Labute approximate surface area is 73.0 Å². The van der Waals surface area contributed by atoms with Crippen LogP contribution in [0.4, 0.5) is 0 Å². The Morgan fingerprint density at radius 3 is 2.92 bits per heavy atom. The van der Waals surface area contributed by atoms with Gasteiger partial charge in [-0.1, -0.05) is 6.92 Å². The van der Waals surface area contributed by atoms with Crippen LogP contribution in [-0.2, 0) is 14.3 Å². The fourth-order valence-corrected chi connectivity index (χ4v) is 1.41. The number of esters is 1. The normalized spacial score (nSPS) is 33.0. The van der Waals surface area contributed by atoms with Gasteiger partial charge in [-0.25, -0.2) is 0 Å². The average Bonchev–Trinajstić information content (AvgIpc) is 2.01. The molecule has 12 heavy (non-hydrogen) atoms. The maximum atomic E-state index is 11.0. The highest BCUT2D eigenvalue weighted by atomic mass is 16.5. The lowest BCUT2D eigenvalue weighted by atomic mass is 10.1. The summed E-state index contributed by atoms with van der Waals surface area (Å²) in [5.74, 6) is 0.336. The Bertz CT molecular complexity index is 156. The van der Waals surface area contributed by atoms with E-state index in [0.29, 0.717) is 18.9 Å². The van der Waals surface area contributed by atoms with Crippen molar-refractivity contribution in [3.63, 3.8) is 0 Å². The van der Waals surface area contributed by atoms with Crippen molar-refractivity contribution in [2.45, 2.75) is 32.8 Å². The molecular weight excluding hydrogens is 156 g/mol. The number of rotatable bonds is 0. The van der Waals surface area contributed by atoms with Crippen LogP contribution in [0.1, 0.15) is 26.7 Å². The third-order valence-corrected chi connectivity index (χ3v) is 1.92. The summed E-state index contributed by atoms with van der Waals surface area (Å²) < 4.78 is 10.4. The van der Waals surface area contributed by atoms with Gasteiger partial charge in [-0.2, -0.15) is 0 Å². The summed E-state index contributed by atoms with van der Waals surface area (Å²) in [5, 5.41) is 0. The standard InChI is InChI=1S/C9H16O3/c1-7-5-8(2)12-9(10)3-4-11-6-7/h7-8H,3-6H2,1-2H3. The predicted molar refractivity (Wildman–Crippen MR) is 44.8 cm³/mol. The molecule has 2 atom stereocenters. The Morgan fingerprint density at radius 1 is 1.42 bits per heavy atom. The van der Waals surface area contributed by atoms with Crippen LogP contribution in [0.5, 0.6) is 0 Å². The molecule has 2 unspecified atom stereocenters. The summed E-state index contributed by atoms with van der Waals surface area (Å²) in [6.07, 6.45) is 1.32. The fourth-order valence-electron chi connectivity index (χ4n) is 1.41. The number of carbonyl (C=O) groups excluding carboxylic acids is 1. The first-order valence-electron chi connectivity index (χ1n) is 4.45. The van der Waals surface area contributed by atoms with Crippen molar-refractivity contribution in [1.82, 2.24) is 0 Å². The van der Waals surface area contributed by atoms with Crippen molar-refractivity contribution < 1.29 is 14.3 Å². The molecule has 3 nitrogen and oxygen atoms in total. The highest BCUT2D eigenvalue weighted by Gasteiger charge is 2.15. The molecule has 1 rings (SSSR count). The van der Waals surface area contributed by atoms with E-state index in [1.54, 1.807) is 0 Å². The van der Waals surface area contributed by atoms with Gasteiger partial charge >= 0.3 is 5.97 Å². The van der Waals surface area contributed by atoms with Crippen LogP contribution in [0.2, 0.25) is 0 Å². The Morgan fingerprint density at radius 2 is 2.17 bits per heavy atom. The Kier molecular flexibility index (Phi) is 3.53. The van der Waals surface area contributed by atoms with Crippen LogP contribution in [0.3, 0.4) is 0 Å². The van der Waals surface area contributed by atoms with Gasteiger partial charge in [-0.05, 0) is 19.3 Å². The van der Waals surface area contributed by atoms with E-state index in [-0.39, 0.29) is 12.1 Å². The molecule has 0 aromatic carbocycles. The van der Waals surface area contributed by atoms with E-state index in [1.807, 2.05) is 6.92 Å². The molecule has 0 radical (unpaired) electrons. The third kappa shape index (κ3) is 3.22. The summed E-state index contributed by atoms with van der Waals surface area (Å²) in [6.45, 7) is 5.27. The zero-order valence-electron chi connectivity index (χ0n) is 7.71. The summed E-state index contributed by atoms with van der Waals surface area (Å²) >= 11 is 0. The lowest BCUT2D eigenvalue weighted by Gasteiger charge is -2.14. The number of carbonyl (C=O) groups is 1. The smallest absolute Gasteiger partial charge is 0.308 e. The van der Waals surface area contributed by atoms with E-state index in [2.05, 4.69) is 6.92 Å². The van der Waals surface area contributed by atoms with Crippen LogP contribution >= 0.6 is 0 Å². The number of ether oxygens (including phenoxy) is 2. The van der Waals surface area contributed by atoms with E-state index in [9.17, 15) is 4.79 Å². The van der Waals surface area contributed by atoms with Gasteiger partial charge in [0.05, 0.1) is 19.1 Å². The highest BCUT2D eigenvalue weighted by molar-refractivity contribution is 5.69. The lowest BCUT2D eigenvalue weighted by Crippen LogP contribution is -2.16. The minimum Gasteiger partial charge on any atom is -0.463 e. The first kappa shape index (κ1) is 9.52. The topological polar surface area (TPSA) is 35.5 Å². The summed E-state index contributed by atoms with van der Waals surface area (Å²) in [5.41, 5.74) is 0. The monoisotopic (exact) mass is 172 g/mol. The predicted octanol–water partition coefficient (Wildman–Crippen LogP) is 1.36. The molecule has 1 saturated heterocycles. The Balaban J connectivity index is 2.43. The summed E-state index contributed by atoms with van der Waals surface area (Å²) in [7, 11) is 0. The molecule has 1 aliphatic heterocycles. The number of cyclic esters (lactones) is 1. The molecule has 1 heterocycles. The molecule has 0 N–H and O–H groups in total. The molecule has 70 valence electrons. The maximum absolute atomic E-state index is 11.0. The first-order valence-corrected chi connectivity index (χ1v) is 4.45. The van der Waals surface area contributed by atoms with Gasteiger partial charge in [0.1, 0.15) is 0 Å². The largest absolute Gasteiger partial charge is 0.463 e. The number of hydrogen-bond acceptors (Lipinski definition) is 3. The summed E-state index contributed by atoms with van der Waals surface area (Å²) in [6, 6.07) is 0. The molecule has 0 saturated carbocycles. The van der Waals surface area contributed by atoms with Crippen LogP contribution < -0.4 is 0 Å². The van der Waals surface area contributed by atoms with Crippen LogP contribution in [-0.4, -0.2) is 25.3 Å². The molecule has 1 aliphatic rings. The molecule has 0 aromatic rings. The molecular formula is C9H16O3. The van der Waals surface area contributed by atoms with E-state index >= 15 is 0 Å². The Hall–Kier alpha value is -0.570. The van der Waals surface area contributed by atoms with Gasteiger partial charge in [-0.3, -0.25) is 4.79 Å². The minimum absolute atomic E-state index is 0.0363. The van der Waals surface area contributed by atoms with E-state index in [1.165, 1.54) is 0 Å². The van der Waals surface area contributed by atoms with Gasteiger partial charge in [0, 0.05) is 6.61 Å². The molecule has 0 aromatic heterocycles. The summed E-state index contributed by atoms with van der Waals surface area (Å²) in [4.78, 5) is 11.0. The van der Waals surface area contributed by atoms with E-state index in [0.717, 1.165) is 13.0 Å². The van der Waals surface area contributed by atoms with Crippen LogP contribution in [0.25, 0.3) is 0 Å². The quantitative estimate of drug-likeness (QED) is 0.518. The van der Waals surface area contributed by atoms with Crippen LogP contribution in [0, 0.1) is 5.92 Å². The molecule has 0 spiro atoms. The molecule has 1 fully saturated rings. The second kappa shape index (κ2) is 4.45. The number of hydrogen-bond donors (Lipinski definition) is 0. The minimum atomic E-state index is -0.142. The van der Waals surface area contributed by atoms with Crippen molar-refractivity contribution in [1.29, 1.82) is 0 Å². The van der Waals surface area contributed by atoms with Gasteiger partial charge in [0.2, 0.25) is 0 Å². The SMILES string of the molecule is CC1COCCC(=O)OC(C)C1. The van der Waals surface area contributed by atoms with Gasteiger partial charge in [0.15, 0.2) is 0 Å². The van der Waals surface area contributed by atoms with E-state index < -0.39 is 0 Å². The molecule has 0 aliphatic carbocycles. The maximum Gasteiger partial charge on any atom is 0.308 e. The van der Waals surface area contributed by atoms with Crippen molar-refractivity contribution in [2.24, 2.45) is 5.92 Å².